The number of nitrogens with one attached hydrogen (secondary N) is 1. The van der Waals surface area contributed by atoms with Gasteiger partial charge in [0.1, 0.15) is 11.4 Å². The van der Waals surface area contributed by atoms with Gasteiger partial charge in [-0.3, -0.25) is 16.0 Å². The van der Waals surface area contributed by atoms with Gasteiger partial charge in [0.05, 0.1) is 10.6 Å². The van der Waals surface area contributed by atoms with Gasteiger partial charge in [-0.25, -0.2) is 4.68 Å². The van der Waals surface area contributed by atoms with Gasteiger partial charge < -0.3 is 5.43 Å². The van der Waals surface area contributed by atoms with E-state index in [2.05, 4.69) is 10.5 Å². The van der Waals surface area contributed by atoms with Gasteiger partial charge >= 0.3 is 5.69 Å². The van der Waals surface area contributed by atoms with Gasteiger partial charge in [-0.2, -0.15) is 5.10 Å². The van der Waals surface area contributed by atoms with E-state index in [0.717, 1.165) is 11.4 Å². The van der Waals surface area contributed by atoms with Crippen molar-refractivity contribution in [1.82, 2.24) is 9.78 Å². The third-order valence-electron chi connectivity index (χ3n) is 2.59. The summed E-state index contributed by atoms with van der Waals surface area (Å²) in [6, 6.07) is 6.73. The van der Waals surface area contributed by atoms with Gasteiger partial charge in [0, 0.05) is 5.69 Å². The van der Waals surface area contributed by atoms with E-state index in [1.165, 1.54) is 4.68 Å². The summed E-state index contributed by atoms with van der Waals surface area (Å²) in [7, 11) is 0. The van der Waals surface area contributed by atoms with E-state index >= 15 is 0 Å². The molecule has 3 N–H and O–H groups in total. The second kappa shape index (κ2) is 4.46. The summed E-state index contributed by atoms with van der Waals surface area (Å²) < 4.78 is 1.54. The normalized spacial score (nSPS) is 10.4. The Morgan fingerprint density at radius 2 is 2.17 bits per heavy atom. The van der Waals surface area contributed by atoms with Crippen LogP contribution < -0.4 is 11.3 Å². The predicted octanol–water partition coefficient (Wildman–Crippen LogP) is 1.68. The molecule has 0 unspecified atom stereocenters. The molecule has 0 aliphatic carbocycles. The Hall–Kier alpha value is -2.41. The third-order valence-corrected chi connectivity index (χ3v) is 2.59. The van der Waals surface area contributed by atoms with Crippen molar-refractivity contribution in [1.29, 1.82) is 0 Å². The minimum Gasteiger partial charge on any atom is -0.318 e. The van der Waals surface area contributed by atoms with Crippen LogP contribution in [0.5, 0.6) is 0 Å². The van der Waals surface area contributed by atoms with Crippen LogP contribution in [-0.2, 0) is 0 Å². The molecule has 1 heterocycles. The Kier molecular flexibility index (Phi) is 2.99. The van der Waals surface area contributed by atoms with Crippen LogP contribution in [-0.4, -0.2) is 14.7 Å². The maximum absolute atomic E-state index is 11.2. The summed E-state index contributed by atoms with van der Waals surface area (Å²) in [6.45, 7) is 3.67. The number of aromatic nitrogens is 2. The molecule has 18 heavy (non-hydrogen) atoms. The largest absolute Gasteiger partial charge is 0.319 e. The predicted molar refractivity (Wildman–Crippen MR) is 67.5 cm³/mol. The maximum atomic E-state index is 11.2. The quantitative estimate of drug-likeness (QED) is 0.488. The van der Waals surface area contributed by atoms with Crippen LogP contribution in [0.2, 0.25) is 0 Å². The molecule has 0 fully saturated rings. The smallest absolute Gasteiger partial charge is 0.318 e. The molecule has 7 heteroatoms. The number of hydrogen-bond donors (Lipinski definition) is 2. The summed E-state index contributed by atoms with van der Waals surface area (Å²) >= 11 is 0. The molecule has 0 radical (unpaired) electrons. The van der Waals surface area contributed by atoms with Gasteiger partial charge in [0.2, 0.25) is 0 Å². The average Bonchev–Trinajstić information content (AvgIpc) is 2.67. The highest BCUT2D eigenvalue weighted by atomic mass is 16.6. The Morgan fingerprint density at radius 3 is 2.67 bits per heavy atom. The number of nitro groups is 1. The van der Waals surface area contributed by atoms with Gasteiger partial charge in [-0.15, -0.1) is 0 Å². The number of aryl methyl sites for hydroxylation is 2. The summed E-state index contributed by atoms with van der Waals surface area (Å²) in [5, 5.41) is 15.4. The first kappa shape index (κ1) is 12.1. The lowest BCUT2D eigenvalue weighted by Crippen LogP contribution is -2.11. The number of nitro benzene ring substituents is 1. The second-order valence-electron chi connectivity index (χ2n) is 3.91. The van der Waals surface area contributed by atoms with E-state index in [9.17, 15) is 10.1 Å². The van der Waals surface area contributed by atoms with Gasteiger partial charge in [0.15, 0.2) is 0 Å². The topological polar surface area (TPSA) is 99.0 Å². The van der Waals surface area contributed by atoms with E-state index in [1.807, 2.05) is 19.9 Å². The molecule has 1 aromatic heterocycles. The number of nitrogen functional groups attached to an aromatic ring is 1. The summed E-state index contributed by atoms with van der Waals surface area (Å²) in [5.41, 5.74) is 4.51. The van der Waals surface area contributed by atoms with E-state index in [0.29, 0.717) is 5.69 Å². The molecule has 0 amide bonds. The van der Waals surface area contributed by atoms with Gasteiger partial charge in [-0.05, 0) is 32.0 Å². The molecule has 0 aliphatic heterocycles. The molecule has 7 nitrogen and oxygen atoms in total. The number of para-hydroxylation sites is 1. The monoisotopic (exact) mass is 247 g/mol. The number of benzene rings is 1. The maximum Gasteiger partial charge on any atom is 0.319 e. The van der Waals surface area contributed by atoms with Crippen LogP contribution in [0.25, 0.3) is 5.69 Å². The summed E-state index contributed by atoms with van der Waals surface area (Å²) in [4.78, 5) is 10.7. The molecule has 0 spiro atoms. The van der Waals surface area contributed by atoms with Crippen molar-refractivity contribution in [3.63, 3.8) is 0 Å². The van der Waals surface area contributed by atoms with Crippen LogP contribution in [0.15, 0.2) is 24.3 Å². The van der Waals surface area contributed by atoms with Crippen LogP contribution >= 0.6 is 0 Å². The number of hydrazine groups is 1. The first-order chi connectivity index (χ1) is 8.54. The number of hydrogen-bond acceptors (Lipinski definition) is 5. The van der Waals surface area contributed by atoms with E-state index in [-0.39, 0.29) is 11.4 Å². The molecular weight excluding hydrogens is 234 g/mol. The fourth-order valence-corrected chi connectivity index (χ4v) is 1.88. The molecule has 0 saturated carbocycles. The molecular formula is C11H13N5O2. The number of anilines is 1. The van der Waals surface area contributed by atoms with Gasteiger partial charge in [-0.1, -0.05) is 6.07 Å². The molecule has 1 aromatic carbocycles. The molecule has 0 aliphatic rings. The lowest BCUT2D eigenvalue weighted by molar-refractivity contribution is -0.383. The molecule has 0 bridgehead atoms. The zero-order valence-corrected chi connectivity index (χ0v) is 10.0. The van der Waals surface area contributed by atoms with Crippen molar-refractivity contribution < 1.29 is 4.92 Å². The average molecular weight is 247 g/mol. The lowest BCUT2D eigenvalue weighted by atomic mass is 10.2. The summed E-state index contributed by atoms with van der Waals surface area (Å²) in [6.07, 6.45) is 0. The number of nitrogens with zero attached hydrogens (tertiary/aromatic N) is 3. The molecule has 2 rings (SSSR count). The fourth-order valence-electron chi connectivity index (χ4n) is 1.88. The fraction of sp³-hybridized carbons (Fsp3) is 0.182. The number of rotatable bonds is 3. The van der Waals surface area contributed by atoms with Crippen LogP contribution in [0.3, 0.4) is 0 Å². The minimum atomic E-state index is -0.471. The number of nitrogens with two attached hydrogens (primary N) is 1. The van der Waals surface area contributed by atoms with E-state index in [4.69, 9.17) is 5.84 Å². The van der Waals surface area contributed by atoms with Crippen molar-refractivity contribution in [3.05, 3.63) is 45.8 Å². The SMILES string of the molecule is Cc1cc(C)n(-c2cccc(NN)c2[N+](=O)[O-])n1. The van der Waals surface area contributed by atoms with E-state index in [1.54, 1.807) is 18.2 Å². The first-order valence-electron chi connectivity index (χ1n) is 5.32. The standard InChI is InChI=1S/C11H13N5O2/c1-7-6-8(2)15(14-7)10-5-3-4-9(13-12)11(10)16(17)18/h3-6,13H,12H2,1-2H3. The highest BCUT2D eigenvalue weighted by molar-refractivity contribution is 5.70. The Morgan fingerprint density at radius 1 is 1.44 bits per heavy atom. The Bertz CT molecular complexity index is 605. The highest BCUT2D eigenvalue weighted by Gasteiger charge is 2.21. The zero-order valence-electron chi connectivity index (χ0n) is 10.0. The van der Waals surface area contributed by atoms with Crippen LogP contribution in [0.4, 0.5) is 11.4 Å². The Labute approximate surface area is 103 Å². The second-order valence-corrected chi connectivity index (χ2v) is 3.91. The van der Waals surface area contributed by atoms with Crippen LogP contribution in [0.1, 0.15) is 11.4 Å². The van der Waals surface area contributed by atoms with Crippen molar-refractivity contribution in [2.75, 3.05) is 5.43 Å². The summed E-state index contributed by atoms with van der Waals surface area (Å²) in [5.74, 6) is 5.29. The Balaban J connectivity index is 2.71. The lowest BCUT2D eigenvalue weighted by Gasteiger charge is -2.08. The van der Waals surface area contributed by atoms with E-state index < -0.39 is 4.92 Å². The third kappa shape index (κ3) is 1.91. The zero-order chi connectivity index (χ0) is 13.3. The first-order valence-corrected chi connectivity index (χ1v) is 5.32. The van der Waals surface area contributed by atoms with Crippen molar-refractivity contribution in [2.45, 2.75) is 13.8 Å². The van der Waals surface area contributed by atoms with Crippen molar-refractivity contribution in [3.8, 4) is 5.69 Å². The highest BCUT2D eigenvalue weighted by Crippen LogP contribution is 2.31. The van der Waals surface area contributed by atoms with Gasteiger partial charge in [0.25, 0.3) is 0 Å². The molecule has 0 atom stereocenters. The molecule has 94 valence electrons. The van der Waals surface area contributed by atoms with Crippen LogP contribution in [0, 0.1) is 24.0 Å². The minimum absolute atomic E-state index is 0.0915. The van der Waals surface area contributed by atoms with Crippen molar-refractivity contribution >= 4 is 11.4 Å². The van der Waals surface area contributed by atoms with Crippen molar-refractivity contribution in [2.24, 2.45) is 5.84 Å². The molecule has 2 aromatic rings. The molecule has 0 saturated heterocycles.